The fourth-order valence-electron chi connectivity index (χ4n) is 1.88. The van der Waals surface area contributed by atoms with Gasteiger partial charge in [-0.1, -0.05) is 15.9 Å². The minimum atomic E-state index is -3.46. The van der Waals surface area contributed by atoms with Crippen molar-refractivity contribution in [3.63, 3.8) is 0 Å². The molecule has 0 fully saturated rings. The maximum absolute atomic E-state index is 12.1. The molecular formula is C16H18BrNO4S. The number of hydrogen-bond acceptors (Lipinski definition) is 4. The van der Waals surface area contributed by atoms with Crippen LogP contribution in [0.3, 0.4) is 0 Å². The van der Waals surface area contributed by atoms with Gasteiger partial charge >= 0.3 is 0 Å². The lowest BCUT2D eigenvalue weighted by molar-refractivity contribution is 0.340. The number of hydrogen-bond donors (Lipinski definition) is 1. The van der Waals surface area contributed by atoms with Gasteiger partial charge in [-0.15, -0.1) is 0 Å². The monoisotopic (exact) mass is 399 g/mol. The number of nitrogens with one attached hydrogen (secondary N) is 1. The molecule has 5 nitrogen and oxygen atoms in total. The van der Waals surface area contributed by atoms with Gasteiger partial charge in [0.15, 0.2) is 0 Å². The normalized spacial score (nSPS) is 11.1. The van der Waals surface area contributed by atoms with Crippen molar-refractivity contribution in [3.8, 4) is 11.5 Å². The van der Waals surface area contributed by atoms with E-state index in [-0.39, 0.29) is 12.4 Å². The van der Waals surface area contributed by atoms with Crippen molar-refractivity contribution in [1.29, 1.82) is 0 Å². The van der Waals surface area contributed by atoms with Gasteiger partial charge in [-0.2, -0.15) is 0 Å². The van der Waals surface area contributed by atoms with Crippen molar-refractivity contribution < 1.29 is 17.9 Å². The number of halogens is 1. The minimum Gasteiger partial charge on any atom is -0.497 e. The number of methoxy groups -OCH3 is 1. The number of anilines is 1. The van der Waals surface area contributed by atoms with Crippen LogP contribution >= 0.6 is 15.9 Å². The zero-order valence-corrected chi connectivity index (χ0v) is 15.3. The van der Waals surface area contributed by atoms with Crippen molar-refractivity contribution in [1.82, 2.24) is 0 Å². The van der Waals surface area contributed by atoms with E-state index in [2.05, 4.69) is 20.7 Å². The number of sulfonamides is 1. The van der Waals surface area contributed by atoms with Crippen LogP contribution in [0, 0.1) is 6.92 Å². The van der Waals surface area contributed by atoms with Gasteiger partial charge in [0.25, 0.3) is 0 Å². The summed E-state index contributed by atoms with van der Waals surface area (Å²) in [6, 6.07) is 12.3. The molecule has 0 aliphatic rings. The zero-order valence-electron chi connectivity index (χ0n) is 12.9. The Morgan fingerprint density at radius 2 is 1.74 bits per heavy atom. The average molecular weight is 400 g/mol. The third-order valence-corrected chi connectivity index (χ3v) is 5.25. The number of aryl methyl sites for hydroxylation is 1. The van der Waals surface area contributed by atoms with Crippen LogP contribution in [0.4, 0.5) is 5.69 Å². The van der Waals surface area contributed by atoms with E-state index in [0.717, 1.165) is 15.8 Å². The molecule has 1 N–H and O–H groups in total. The van der Waals surface area contributed by atoms with E-state index in [1.165, 1.54) is 0 Å². The Bertz CT molecular complexity index is 760. The van der Waals surface area contributed by atoms with Crippen LogP contribution in [0.15, 0.2) is 46.9 Å². The molecule has 0 aliphatic heterocycles. The quantitative estimate of drug-likeness (QED) is 0.772. The Morgan fingerprint density at radius 3 is 2.35 bits per heavy atom. The van der Waals surface area contributed by atoms with E-state index in [9.17, 15) is 8.42 Å². The Balaban J connectivity index is 1.89. The summed E-state index contributed by atoms with van der Waals surface area (Å²) in [4.78, 5) is 0. The maximum atomic E-state index is 12.1. The standard InChI is InChI=1S/C16H18BrNO4S/c1-12-11-13(3-8-16(12)17)18-23(19,20)10-9-22-15-6-4-14(21-2)5-7-15/h3-8,11,18H,9-10H2,1-2H3. The number of benzene rings is 2. The van der Waals surface area contributed by atoms with Crippen molar-refractivity contribution in [2.45, 2.75) is 6.92 Å². The second kappa shape index (κ2) is 7.70. The highest BCUT2D eigenvalue weighted by molar-refractivity contribution is 9.10. The third kappa shape index (κ3) is 5.44. The van der Waals surface area contributed by atoms with Crippen LogP contribution in [0.5, 0.6) is 11.5 Å². The first-order valence-electron chi connectivity index (χ1n) is 6.93. The van der Waals surface area contributed by atoms with Crippen LogP contribution in [0.2, 0.25) is 0 Å². The summed E-state index contributed by atoms with van der Waals surface area (Å²) in [5.74, 6) is 1.19. The highest BCUT2D eigenvalue weighted by Crippen LogP contribution is 2.21. The molecule has 0 saturated carbocycles. The van der Waals surface area contributed by atoms with Gasteiger partial charge in [0, 0.05) is 10.2 Å². The van der Waals surface area contributed by atoms with E-state index in [4.69, 9.17) is 9.47 Å². The summed E-state index contributed by atoms with van der Waals surface area (Å²) in [5, 5.41) is 0. The highest BCUT2D eigenvalue weighted by atomic mass is 79.9. The third-order valence-electron chi connectivity index (χ3n) is 3.11. The summed E-state index contributed by atoms with van der Waals surface area (Å²) in [7, 11) is -1.88. The van der Waals surface area contributed by atoms with Crippen molar-refractivity contribution in [3.05, 3.63) is 52.5 Å². The molecule has 7 heteroatoms. The Labute approximate surface area is 144 Å². The van der Waals surface area contributed by atoms with Gasteiger partial charge in [0.05, 0.1) is 7.11 Å². The van der Waals surface area contributed by atoms with Gasteiger partial charge in [-0.3, -0.25) is 4.72 Å². The molecule has 0 atom stereocenters. The Morgan fingerprint density at radius 1 is 1.09 bits per heavy atom. The molecule has 124 valence electrons. The minimum absolute atomic E-state index is 0.0666. The second-order valence-electron chi connectivity index (χ2n) is 4.91. The molecule has 0 aliphatic carbocycles. The van der Waals surface area contributed by atoms with E-state index in [1.54, 1.807) is 49.6 Å². The van der Waals surface area contributed by atoms with Crippen LogP contribution in [-0.2, 0) is 10.0 Å². The van der Waals surface area contributed by atoms with Gasteiger partial charge in [0.2, 0.25) is 10.0 Å². The molecule has 23 heavy (non-hydrogen) atoms. The first-order valence-corrected chi connectivity index (χ1v) is 9.37. The topological polar surface area (TPSA) is 64.6 Å². The van der Waals surface area contributed by atoms with Crippen LogP contribution in [-0.4, -0.2) is 27.9 Å². The highest BCUT2D eigenvalue weighted by Gasteiger charge is 2.11. The zero-order chi connectivity index (χ0) is 16.9. The van der Waals surface area contributed by atoms with Crippen LogP contribution in [0.25, 0.3) is 0 Å². The summed E-state index contributed by atoms with van der Waals surface area (Å²) in [6.07, 6.45) is 0. The lowest BCUT2D eigenvalue weighted by atomic mass is 10.2. The van der Waals surface area contributed by atoms with Crippen LogP contribution in [0.1, 0.15) is 5.56 Å². The molecular weight excluding hydrogens is 382 g/mol. The molecule has 0 amide bonds. The van der Waals surface area contributed by atoms with E-state index < -0.39 is 10.0 Å². The lowest BCUT2D eigenvalue weighted by Gasteiger charge is -2.10. The summed E-state index contributed by atoms with van der Waals surface area (Å²) in [6.45, 7) is 1.96. The van der Waals surface area contributed by atoms with Crippen molar-refractivity contribution in [2.24, 2.45) is 0 Å². The molecule has 0 radical (unpaired) electrons. The fourth-order valence-corrected chi connectivity index (χ4v) is 3.02. The first kappa shape index (κ1) is 17.6. The largest absolute Gasteiger partial charge is 0.497 e. The molecule has 2 aromatic carbocycles. The summed E-state index contributed by atoms with van der Waals surface area (Å²) >= 11 is 3.38. The van der Waals surface area contributed by atoms with Crippen molar-refractivity contribution in [2.75, 3.05) is 24.2 Å². The first-order chi connectivity index (χ1) is 10.9. The summed E-state index contributed by atoms with van der Waals surface area (Å²) in [5.41, 5.74) is 1.50. The Kier molecular flexibility index (Phi) is 5.90. The van der Waals surface area contributed by atoms with Crippen LogP contribution < -0.4 is 14.2 Å². The predicted molar refractivity (Wildman–Crippen MR) is 94.8 cm³/mol. The van der Waals surface area contributed by atoms with Gasteiger partial charge < -0.3 is 9.47 Å². The number of ether oxygens (including phenoxy) is 2. The predicted octanol–water partition coefficient (Wildman–Crippen LogP) is 3.59. The molecule has 0 saturated heterocycles. The van der Waals surface area contributed by atoms with Crippen molar-refractivity contribution >= 4 is 31.6 Å². The maximum Gasteiger partial charge on any atom is 0.236 e. The fraction of sp³-hybridized carbons (Fsp3) is 0.250. The van der Waals surface area contributed by atoms with E-state index in [1.807, 2.05) is 6.92 Å². The number of rotatable bonds is 7. The van der Waals surface area contributed by atoms with E-state index in [0.29, 0.717) is 11.4 Å². The molecule has 2 rings (SSSR count). The molecule has 0 bridgehead atoms. The molecule has 0 spiro atoms. The smallest absolute Gasteiger partial charge is 0.236 e. The summed E-state index contributed by atoms with van der Waals surface area (Å²) < 4.78 is 38.1. The molecule has 0 aromatic heterocycles. The Hall–Kier alpha value is -1.73. The second-order valence-corrected chi connectivity index (χ2v) is 7.61. The van der Waals surface area contributed by atoms with Gasteiger partial charge in [-0.25, -0.2) is 8.42 Å². The molecule has 0 heterocycles. The lowest BCUT2D eigenvalue weighted by Crippen LogP contribution is -2.21. The molecule has 0 unspecified atom stereocenters. The molecule has 2 aromatic rings. The van der Waals surface area contributed by atoms with Gasteiger partial charge in [-0.05, 0) is 55.0 Å². The SMILES string of the molecule is COc1ccc(OCCS(=O)(=O)Nc2ccc(Br)c(C)c2)cc1. The average Bonchev–Trinajstić information content (AvgIpc) is 2.51. The van der Waals surface area contributed by atoms with Gasteiger partial charge in [0.1, 0.15) is 23.9 Å². The van der Waals surface area contributed by atoms with E-state index >= 15 is 0 Å².